The second-order valence-electron chi connectivity index (χ2n) is 5.66. The van der Waals surface area contributed by atoms with Gasteiger partial charge in [0.15, 0.2) is 0 Å². The Hall–Kier alpha value is -0.620. The number of rotatable bonds is 4. The van der Waals surface area contributed by atoms with Crippen molar-refractivity contribution in [2.75, 3.05) is 19.8 Å². The summed E-state index contributed by atoms with van der Waals surface area (Å²) in [7, 11) is 0. The molecule has 1 aromatic rings. The van der Waals surface area contributed by atoms with Crippen molar-refractivity contribution in [2.45, 2.75) is 39.7 Å². The van der Waals surface area contributed by atoms with Gasteiger partial charge in [0.2, 0.25) is 5.91 Å². The summed E-state index contributed by atoms with van der Waals surface area (Å²) in [5.74, 6) is 0.0686. The fourth-order valence-corrected chi connectivity index (χ4v) is 3.82. The third-order valence-electron chi connectivity index (χ3n) is 4.22. The van der Waals surface area contributed by atoms with Crippen LogP contribution in [0.2, 0.25) is 0 Å². The molecule has 1 aromatic heterocycles. The molecule has 1 aliphatic heterocycles. The molecule has 1 unspecified atom stereocenters. The average molecular weight is 333 g/mol. The maximum atomic E-state index is 12.6. The van der Waals surface area contributed by atoms with Gasteiger partial charge in [-0.25, -0.2) is 0 Å². The Morgan fingerprint density at radius 3 is 2.57 bits per heavy atom. The van der Waals surface area contributed by atoms with Crippen LogP contribution in [0.15, 0.2) is 6.07 Å². The van der Waals surface area contributed by atoms with Crippen LogP contribution in [0.1, 0.15) is 41.1 Å². The van der Waals surface area contributed by atoms with E-state index in [4.69, 9.17) is 10.5 Å². The average Bonchev–Trinajstić information content (AvgIpc) is 2.78. The topological polar surface area (TPSA) is 64.4 Å². The lowest BCUT2D eigenvalue weighted by molar-refractivity contribution is -0.136. The molecule has 1 amide bonds. The minimum Gasteiger partial charge on any atom is -0.381 e. The van der Waals surface area contributed by atoms with Gasteiger partial charge in [0.1, 0.15) is 0 Å². The Balaban J connectivity index is 0.00000220. The quantitative estimate of drug-likeness (QED) is 0.891. The van der Waals surface area contributed by atoms with E-state index in [-0.39, 0.29) is 24.4 Å². The summed E-state index contributed by atoms with van der Waals surface area (Å²) in [6, 6.07) is 2.18. The number of carbonyl (C=O) groups excluding carboxylic acids is 1. The predicted molar refractivity (Wildman–Crippen MR) is 89.1 cm³/mol. The van der Waals surface area contributed by atoms with Gasteiger partial charge >= 0.3 is 0 Å². The Morgan fingerprint density at radius 2 is 2.10 bits per heavy atom. The highest BCUT2D eigenvalue weighted by molar-refractivity contribution is 7.12. The standard InChI is InChI=1S/C15H24N2O2S.ClH/c1-10-8-13(12(3)20-10)11(2)17-14(18)15(9-16)4-6-19-7-5-15;/h8,11H,4-7,9,16H2,1-3H3,(H,17,18);1H. The molecule has 3 N–H and O–H groups in total. The van der Waals surface area contributed by atoms with E-state index in [1.54, 1.807) is 11.3 Å². The normalized spacial score (nSPS) is 18.7. The van der Waals surface area contributed by atoms with Crippen molar-refractivity contribution in [3.8, 4) is 0 Å². The van der Waals surface area contributed by atoms with Gasteiger partial charge in [-0.05, 0) is 45.2 Å². The smallest absolute Gasteiger partial charge is 0.228 e. The van der Waals surface area contributed by atoms with Gasteiger partial charge in [-0.1, -0.05) is 0 Å². The lowest BCUT2D eigenvalue weighted by Gasteiger charge is -2.35. The number of aryl methyl sites for hydroxylation is 2. The van der Waals surface area contributed by atoms with Crippen LogP contribution in [0.25, 0.3) is 0 Å². The number of nitrogens with one attached hydrogen (secondary N) is 1. The SMILES string of the molecule is Cc1cc(C(C)NC(=O)C2(CN)CCOCC2)c(C)s1.Cl. The molecular formula is C15H25ClN2O2S. The maximum Gasteiger partial charge on any atom is 0.228 e. The Morgan fingerprint density at radius 1 is 1.48 bits per heavy atom. The first-order valence-electron chi connectivity index (χ1n) is 7.14. The van der Waals surface area contributed by atoms with Crippen LogP contribution in [0.5, 0.6) is 0 Å². The third-order valence-corrected chi connectivity index (χ3v) is 5.20. The predicted octanol–water partition coefficient (Wildman–Crippen LogP) is 2.72. The van der Waals surface area contributed by atoms with Crippen molar-refractivity contribution in [1.29, 1.82) is 0 Å². The zero-order chi connectivity index (χ0) is 14.8. The van der Waals surface area contributed by atoms with E-state index in [1.165, 1.54) is 15.3 Å². The van der Waals surface area contributed by atoms with E-state index >= 15 is 0 Å². The minimum atomic E-state index is -0.453. The first-order chi connectivity index (χ1) is 9.48. The van der Waals surface area contributed by atoms with E-state index in [2.05, 4.69) is 25.2 Å². The molecule has 6 heteroatoms. The van der Waals surface area contributed by atoms with E-state index in [0.717, 1.165) is 0 Å². The third kappa shape index (κ3) is 3.97. The number of hydrogen-bond donors (Lipinski definition) is 2. The summed E-state index contributed by atoms with van der Waals surface area (Å²) in [5, 5.41) is 3.14. The molecule has 1 saturated heterocycles. The van der Waals surface area contributed by atoms with Crippen LogP contribution in [0.4, 0.5) is 0 Å². The summed E-state index contributed by atoms with van der Waals surface area (Å²) in [6.45, 7) is 7.86. The number of hydrogen-bond acceptors (Lipinski definition) is 4. The summed E-state index contributed by atoms with van der Waals surface area (Å²) in [4.78, 5) is 15.2. The first-order valence-corrected chi connectivity index (χ1v) is 7.96. The molecule has 120 valence electrons. The second-order valence-corrected chi connectivity index (χ2v) is 7.12. The van der Waals surface area contributed by atoms with Gasteiger partial charge in [0.25, 0.3) is 0 Å². The molecule has 0 radical (unpaired) electrons. The highest BCUT2D eigenvalue weighted by Gasteiger charge is 2.39. The Kier molecular flexibility index (Phi) is 6.66. The minimum absolute atomic E-state index is 0. The largest absolute Gasteiger partial charge is 0.381 e. The summed E-state index contributed by atoms with van der Waals surface area (Å²) in [5.41, 5.74) is 6.63. The zero-order valence-electron chi connectivity index (χ0n) is 12.9. The van der Waals surface area contributed by atoms with E-state index < -0.39 is 5.41 Å². The number of halogens is 1. The number of nitrogens with two attached hydrogens (primary N) is 1. The van der Waals surface area contributed by atoms with Crippen LogP contribution < -0.4 is 11.1 Å². The Labute approximate surface area is 136 Å². The lowest BCUT2D eigenvalue weighted by atomic mass is 9.79. The van der Waals surface area contributed by atoms with Crippen molar-refractivity contribution in [3.63, 3.8) is 0 Å². The summed E-state index contributed by atoms with van der Waals surface area (Å²) >= 11 is 1.77. The molecule has 1 aliphatic rings. The van der Waals surface area contributed by atoms with Crippen molar-refractivity contribution < 1.29 is 9.53 Å². The molecule has 4 nitrogen and oxygen atoms in total. The molecule has 0 saturated carbocycles. The summed E-state index contributed by atoms with van der Waals surface area (Å²) < 4.78 is 5.35. The van der Waals surface area contributed by atoms with Gasteiger partial charge in [-0.2, -0.15) is 0 Å². The molecule has 0 aliphatic carbocycles. The fourth-order valence-electron chi connectivity index (χ4n) is 2.79. The maximum absolute atomic E-state index is 12.6. The monoisotopic (exact) mass is 332 g/mol. The molecule has 0 bridgehead atoms. The van der Waals surface area contributed by atoms with Crippen LogP contribution in [0.3, 0.4) is 0 Å². The first kappa shape index (κ1) is 18.4. The molecule has 21 heavy (non-hydrogen) atoms. The highest BCUT2D eigenvalue weighted by atomic mass is 35.5. The van der Waals surface area contributed by atoms with E-state index in [0.29, 0.717) is 32.6 Å². The molecule has 2 heterocycles. The van der Waals surface area contributed by atoms with Gasteiger partial charge in [0.05, 0.1) is 11.5 Å². The van der Waals surface area contributed by atoms with Crippen molar-refractivity contribution in [1.82, 2.24) is 5.32 Å². The van der Waals surface area contributed by atoms with Crippen LogP contribution in [-0.4, -0.2) is 25.7 Å². The number of amides is 1. The zero-order valence-corrected chi connectivity index (χ0v) is 14.5. The highest BCUT2D eigenvalue weighted by Crippen LogP contribution is 2.32. The summed E-state index contributed by atoms with van der Waals surface area (Å²) in [6.07, 6.45) is 1.42. The molecule has 2 rings (SSSR count). The molecule has 0 aromatic carbocycles. The molecular weight excluding hydrogens is 308 g/mol. The van der Waals surface area contributed by atoms with Gasteiger partial charge < -0.3 is 15.8 Å². The van der Waals surface area contributed by atoms with Crippen molar-refractivity contribution >= 4 is 29.7 Å². The van der Waals surface area contributed by atoms with E-state index in [1.807, 2.05) is 6.92 Å². The van der Waals surface area contributed by atoms with Gasteiger partial charge in [-0.15, -0.1) is 23.7 Å². The number of thiophene rings is 1. The molecule has 1 atom stereocenters. The Bertz CT molecular complexity index is 484. The second kappa shape index (κ2) is 7.58. The van der Waals surface area contributed by atoms with Crippen LogP contribution in [0, 0.1) is 19.3 Å². The van der Waals surface area contributed by atoms with Gasteiger partial charge in [-0.3, -0.25) is 4.79 Å². The number of ether oxygens (including phenoxy) is 1. The fraction of sp³-hybridized carbons (Fsp3) is 0.667. The molecule has 1 fully saturated rings. The van der Waals surface area contributed by atoms with Crippen LogP contribution in [-0.2, 0) is 9.53 Å². The number of carbonyl (C=O) groups is 1. The molecule has 0 spiro atoms. The lowest BCUT2D eigenvalue weighted by Crippen LogP contribution is -2.49. The van der Waals surface area contributed by atoms with Crippen molar-refractivity contribution in [2.24, 2.45) is 11.1 Å². The van der Waals surface area contributed by atoms with Crippen molar-refractivity contribution in [3.05, 3.63) is 21.4 Å². The van der Waals surface area contributed by atoms with E-state index in [9.17, 15) is 4.79 Å². The van der Waals surface area contributed by atoms with Crippen LogP contribution >= 0.6 is 23.7 Å². The van der Waals surface area contributed by atoms with Gasteiger partial charge in [0, 0.05) is 29.5 Å².